The van der Waals surface area contributed by atoms with Crippen molar-refractivity contribution in [3.05, 3.63) is 58.3 Å². The van der Waals surface area contributed by atoms with Gasteiger partial charge in [-0.2, -0.15) is 0 Å². The Balaban J connectivity index is 1.90. The molecule has 0 saturated carbocycles. The Morgan fingerprint density at radius 2 is 2.24 bits per heavy atom. The highest BCUT2D eigenvalue weighted by Crippen LogP contribution is 2.08. The number of H-pyrrole nitrogens is 1. The van der Waals surface area contributed by atoms with E-state index in [2.05, 4.69) is 15.3 Å². The van der Waals surface area contributed by atoms with E-state index in [9.17, 15) is 9.59 Å². The van der Waals surface area contributed by atoms with Crippen molar-refractivity contribution in [3.63, 3.8) is 0 Å². The number of aromatic nitrogens is 2. The molecule has 2 aromatic heterocycles. The minimum absolute atomic E-state index is 0.0918. The van der Waals surface area contributed by atoms with Gasteiger partial charge in [-0.05, 0) is 38.1 Å². The Morgan fingerprint density at radius 3 is 2.90 bits per heavy atom. The van der Waals surface area contributed by atoms with E-state index in [-0.39, 0.29) is 11.7 Å². The molecule has 2 rings (SSSR count). The van der Waals surface area contributed by atoms with Crippen LogP contribution >= 0.6 is 0 Å². The van der Waals surface area contributed by atoms with Crippen LogP contribution in [0.2, 0.25) is 0 Å². The maximum absolute atomic E-state index is 11.9. The second kappa shape index (κ2) is 6.69. The van der Waals surface area contributed by atoms with Crippen LogP contribution in [-0.2, 0) is 0 Å². The van der Waals surface area contributed by atoms with E-state index in [0.29, 0.717) is 18.0 Å². The van der Waals surface area contributed by atoms with Crippen LogP contribution in [0.15, 0.2) is 41.5 Å². The number of carbonyl (C=O) groups is 1. The molecule has 110 valence electrons. The molecule has 2 heterocycles. The van der Waals surface area contributed by atoms with E-state index in [0.717, 1.165) is 0 Å². The Morgan fingerprint density at radius 1 is 1.43 bits per heavy atom. The molecule has 0 unspecified atom stereocenters. The number of amides is 1. The van der Waals surface area contributed by atoms with Gasteiger partial charge in [0.25, 0.3) is 11.5 Å². The first kappa shape index (κ1) is 14.8. The van der Waals surface area contributed by atoms with E-state index >= 15 is 0 Å². The summed E-state index contributed by atoms with van der Waals surface area (Å²) in [6.45, 7) is 3.88. The zero-order valence-corrected chi connectivity index (χ0v) is 11.9. The third-order valence-corrected chi connectivity index (χ3v) is 2.82. The predicted molar refractivity (Wildman–Crippen MR) is 78.5 cm³/mol. The molecule has 0 spiro atoms. The van der Waals surface area contributed by atoms with Crippen LogP contribution in [0.25, 0.3) is 0 Å². The van der Waals surface area contributed by atoms with E-state index in [1.807, 2.05) is 6.92 Å². The van der Waals surface area contributed by atoms with Crippen LogP contribution in [-0.4, -0.2) is 28.5 Å². The largest absolute Gasteiger partial charge is 0.487 e. The highest BCUT2D eigenvalue weighted by atomic mass is 16.5. The van der Waals surface area contributed by atoms with Crippen molar-refractivity contribution in [2.75, 3.05) is 6.54 Å². The summed E-state index contributed by atoms with van der Waals surface area (Å²) in [5.41, 5.74) is 0.410. The number of hydrogen-bond donors (Lipinski definition) is 2. The molecule has 21 heavy (non-hydrogen) atoms. The number of pyridine rings is 2. The van der Waals surface area contributed by atoms with Crippen molar-refractivity contribution >= 4 is 5.91 Å². The zero-order chi connectivity index (χ0) is 15.2. The smallest absolute Gasteiger partial charge is 0.260 e. The van der Waals surface area contributed by atoms with E-state index < -0.39 is 11.5 Å². The number of nitrogens with one attached hydrogen (secondary N) is 2. The molecule has 0 fully saturated rings. The fraction of sp³-hybridized carbons (Fsp3) is 0.267. The summed E-state index contributed by atoms with van der Waals surface area (Å²) in [7, 11) is 0. The lowest BCUT2D eigenvalue weighted by molar-refractivity contribution is 0.0930. The second-order valence-corrected chi connectivity index (χ2v) is 4.71. The summed E-state index contributed by atoms with van der Waals surface area (Å²) >= 11 is 0. The molecule has 0 saturated heterocycles. The highest BCUT2D eigenvalue weighted by Gasteiger charge is 2.12. The molecule has 0 bridgehead atoms. The monoisotopic (exact) mass is 287 g/mol. The summed E-state index contributed by atoms with van der Waals surface area (Å²) in [5.74, 6) is 0.213. The molecule has 1 amide bonds. The summed E-state index contributed by atoms with van der Waals surface area (Å²) in [6, 6.07) is 6.75. The molecular weight excluding hydrogens is 270 g/mol. The standard InChI is InChI=1S/C15H17N3O3/c1-10-5-6-13(15(20)18-10)14(19)17-8-11(2)21-12-4-3-7-16-9-12/h3-7,9,11H,8H2,1-2H3,(H,17,19)(H,18,20)/t11-/m0/s1. The summed E-state index contributed by atoms with van der Waals surface area (Å²) < 4.78 is 5.59. The molecule has 1 atom stereocenters. The van der Waals surface area contributed by atoms with Gasteiger partial charge in [0.2, 0.25) is 0 Å². The average molecular weight is 287 g/mol. The maximum Gasteiger partial charge on any atom is 0.260 e. The van der Waals surface area contributed by atoms with Crippen molar-refractivity contribution in [2.45, 2.75) is 20.0 Å². The van der Waals surface area contributed by atoms with Crippen LogP contribution in [0.3, 0.4) is 0 Å². The minimum Gasteiger partial charge on any atom is -0.487 e. The molecule has 0 radical (unpaired) electrons. The molecule has 0 aliphatic heterocycles. The van der Waals surface area contributed by atoms with Crippen molar-refractivity contribution in [2.24, 2.45) is 0 Å². The third kappa shape index (κ3) is 4.17. The van der Waals surface area contributed by atoms with Gasteiger partial charge in [0, 0.05) is 11.9 Å². The molecule has 6 nitrogen and oxygen atoms in total. The average Bonchev–Trinajstić information content (AvgIpc) is 2.46. The number of nitrogens with zero attached hydrogens (tertiary/aromatic N) is 1. The van der Waals surface area contributed by atoms with Crippen LogP contribution in [0.5, 0.6) is 5.75 Å². The van der Waals surface area contributed by atoms with Gasteiger partial charge in [0.1, 0.15) is 17.4 Å². The molecule has 0 aliphatic carbocycles. The fourth-order valence-electron chi connectivity index (χ4n) is 1.77. The van der Waals surface area contributed by atoms with Gasteiger partial charge in [-0.1, -0.05) is 0 Å². The van der Waals surface area contributed by atoms with Gasteiger partial charge >= 0.3 is 0 Å². The quantitative estimate of drug-likeness (QED) is 0.867. The lowest BCUT2D eigenvalue weighted by Crippen LogP contribution is -2.36. The molecule has 2 aromatic rings. The van der Waals surface area contributed by atoms with Crippen LogP contribution < -0.4 is 15.6 Å². The number of carbonyl (C=O) groups excluding carboxylic acids is 1. The number of aromatic amines is 1. The first-order valence-electron chi connectivity index (χ1n) is 6.61. The summed E-state index contributed by atoms with van der Waals surface area (Å²) in [4.78, 5) is 30.1. The normalized spacial score (nSPS) is 11.7. The lowest BCUT2D eigenvalue weighted by Gasteiger charge is -2.15. The van der Waals surface area contributed by atoms with Crippen molar-refractivity contribution in [1.29, 1.82) is 0 Å². The molecule has 6 heteroatoms. The third-order valence-electron chi connectivity index (χ3n) is 2.82. The van der Waals surface area contributed by atoms with Crippen molar-refractivity contribution < 1.29 is 9.53 Å². The van der Waals surface area contributed by atoms with Gasteiger partial charge < -0.3 is 15.0 Å². The molecular formula is C15H17N3O3. The first-order valence-corrected chi connectivity index (χ1v) is 6.61. The SMILES string of the molecule is Cc1ccc(C(=O)NC[C@H](C)Oc2cccnc2)c(=O)[nH]1. The molecule has 2 N–H and O–H groups in total. The number of hydrogen-bond acceptors (Lipinski definition) is 4. The van der Waals surface area contributed by atoms with Gasteiger partial charge in [-0.3, -0.25) is 14.6 Å². The predicted octanol–water partition coefficient (Wildman–Crippen LogP) is 1.28. The summed E-state index contributed by atoms with van der Waals surface area (Å²) in [6.07, 6.45) is 3.02. The van der Waals surface area contributed by atoms with Crippen LogP contribution in [0.4, 0.5) is 0 Å². The summed E-state index contributed by atoms with van der Waals surface area (Å²) in [5, 5.41) is 2.67. The van der Waals surface area contributed by atoms with E-state index in [1.54, 1.807) is 37.5 Å². The number of aryl methyl sites for hydroxylation is 1. The van der Waals surface area contributed by atoms with E-state index in [1.165, 1.54) is 6.07 Å². The van der Waals surface area contributed by atoms with Gasteiger partial charge in [-0.25, -0.2) is 0 Å². The zero-order valence-electron chi connectivity index (χ0n) is 11.9. The lowest BCUT2D eigenvalue weighted by atomic mass is 10.2. The number of ether oxygens (including phenoxy) is 1. The highest BCUT2D eigenvalue weighted by molar-refractivity contribution is 5.93. The molecule has 0 aliphatic rings. The van der Waals surface area contributed by atoms with Gasteiger partial charge in [-0.15, -0.1) is 0 Å². The van der Waals surface area contributed by atoms with E-state index in [4.69, 9.17) is 4.74 Å². The Hall–Kier alpha value is -2.63. The molecule has 0 aromatic carbocycles. The fourth-order valence-corrected chi connectivity index (χ4v) is 1.77. The van der Waals surface area contributed by atoms with Crippen LogP contribution in [0, 0.1) is 6.92 Å². The topological polar surface area (TPSA) is 84.1 Å². The second-order valence-electron chi connectivity index (χ2n) is 4.71. The number of rotatable bonds is 5. The first-order chi connectivity index (χ1) is 10.1. The minimum atomic E-state index is -0.419. The Labute approximate surface area is 122 Å². The Bertz CT molecular complexity index is 667. The maximum atomic E-state index is 11.9. The van der Waals surface area contributed by atoms with Gasteiger partial charge in [0.15, 0.2) is 0 Å². The van der Waals surface area contributed by atoms with Crippen molar-refractivity contribution in [1.82, 2.24) is 15.3 Å². The van der Waals surface area contributed by atoms with Crippen LogP contribution in [0.1, 0.15) is 23.0 Å². The van der Waals surface area contributed by atoms with Gasteiger partial charge in [0.05, 0.1) is 12.7 Å². The Kier molecular flexibility index (Phi) is 4.71. The van der Waals surface area contributed by atoms with Crippen molar-refractivity contribution in [3.8, 4) is 5.75 Å².